The van der Waals surface area contributed by atoms with Gasteiger partial charge in [-0.25, -0.2) is 0 Å². The third-order valence-electron chi connectivity index (χ3n) is 2.65. The molecule has 5 heteroatoms. The highest BCUT2D eigenvalue weighted by atomic mass is 16.5. The van der Waals surface area contributed by atoms with Crippen molar-refractivity contribution in [1.29, 1.82) is 0 Å². The molecular weight excluding hydrogens is 184 g/mol. The van der Waals surface area contributed by atoms with Crippen LogP contribution in [0.5, 0.6) is 0 Å². The van der Waals surface area contributed by atoms with E-state index < -0.39 is 12.0 Å². The molecule has 1 saturated heterocycles. The van der Waals surface area contributed by atoms with E-state index in [1.54, 1.807) is 0 Å². The average molecular weight is 202 g/mol. The van der Waals surface area contributed by atoms with Crippen LogP contribution in [-0.2, 0) is 9.53 Å². The quantitative estimate of drug-likeness (QED) is 0.567. The van der Waals surface area contributed by atoms with Gasteiger partial charge < -0.3 is 20.9 Å². The molecule has 3 atom stereocenters. The Morgan fingerprint density at radius 3 is 2.93 bits per heavy atom. The van der Waals surface area contributed by atoms with Crippen molar-refractivity contribution in [3.05, 3.63) is 0 Å². The number of hydrogen-bond donors (Lipinski definition) is 3. The first-order valence-electron chi connectivity index (χ1n) is 4.97. The van der Waals surface area contributed by atoms with Gasteiger partial charge in [0.25, 0.3) is 0 Å². The molecule has 1 aliphatic heterocycles. The summed E-state index contributed by atoms with van der Waals surface area (Å²) in [6.07, 6.45) is 0.652. The van der Waals surface area contributed by atoms with Gasteiger partial charge in [0, 0.05) is 19.0 Å². The van der Waals surface area contributed by atoms with E-state index in [9.17, 15) is 4.79 Å². The number of rotatable bonds is 4. The Morgan fingerprint density at radius 2 is 2.50 bits per heavy atom. The zero-order valence-electron chi connectivity index (χ0n) is 8.40. The van der Waals surface area contributed by atoms with Crippen LogP contribution in [0.25, 0.3) is 0 Å². The standard InChI is InChI=1S/C9H18N2O3/c1-2-6(8(10)9(12)13)7-5-11-3-4-14-7/h6-8,11H,2-5,10H2,1H3,(H,12,13). The fourth-order valence-electron chi connectivity index (χ4n) is 1.79. The summed E-state index contributed by atoms with van der Waals surface area (Å²) in [5, 5.41) is 12.0. The SMILES string of the molecule is CCC(C1CNCCO1)C(N)C(=O)O. The van der Waals surface area contributed by atoms with Crippen LogP contribution >= 0.6 is 0 Å². The van der Waals surface area contributed by atoms with Gasteiger partial charge >= 0.3 is 5.97 Å². The monoisotopic (exact) mass is 202 g/mol. The van der Waals surface area contributed by atoms with Crippen molar-refractivity contribution in [3.63, 3.8) is 0 Å². The summed E-state index contributed by atoms with van der Waals surface area (Å²) < 4.78 is 5.50. The van der Waals surface area contributed by atoms with Gasteiger partial charge in [-0.05, 0) is 6.42 Å². The summed E-state index contributed by atoms with van der Waals surface area (Å²) in [7, 11) is 0. The fraction of sp³-hybridized carbons (Fsp3) is 0.889. The molecule has 1 heterocycles. The molecule has 5 nitrogen and oxygen atoms in total. The smallest absolute Gasteiger partial charge is 0.320 e. The summed E-state index contributed by atoms with van der Waals surface area (Å²) in [5.41, 5.74) is 5.59. The molecule has 0 aliphatic carbocycles. The Balaban J connectivity index is 2.55. The van der Waals surface area contributed by atoms with E-state index in [2.05, 4.69) is 5.32 Å². The van der Waals surface area contributed by atoms with Crippen LogP contribution in [0.4, 0.5) is 0 Å². The minimum Gasteiger partial charge on any atom is -0.480 e. The maximum atomic E-state index is 10.7. The van der Waals surface area contributed by atoms with Crippen molar-refractivity contribution in [1.82, 2.24) is 5.32 Å². The molecule has 1 aliphatic rings. The van der Waals surface area contributed by atoms with E-state index in [0.717, 1.165) is 13.0 Å². The molecule has 0 saturated carbocycles. The molecule has 82 valence electrons. The molecule has 0 aromatic rings. The number of carboxylic acids is 1. The number of carboxylic acid groups (broad SMARTS) is 1. The highest BCUT2D eigenvalue weighted by Gasteiger charge is 2.31. The van der Waals surface area contributed by atoms with Crippen LogP contribution < -0.4 is 11.1 Å². The van der Waals surface area contributed by atoms with Crippen molar-refractivity contribution in [2.24, 2.45) is 11.7 Å². The third-order valence-corrected chi connectivity index (χ3v) is 2.65. The topological polar surface area (TPSA) is 84.6 Å². The first kappa shape index (κ1) is 11.4. The number of hydrogen-bond acceptors (Lipinski definition) is 4. The summed E-state index contributed by atoms with van der Waals surface area (Å²) in [5.74, 6) is -1.06. The zero-order valence-corrected chi connectivity index (χ0v) is 8.40. The number of morpholine rings is 1. The Morgan fingerprint density at radius 1 is 1.79 bits per heavy atom. The van der Waals surface area contributed by atoms with Crippen LogP contribution in [0.15, 0.2) is 0 Å². The second kappa shape index (κ2) is 5.29. The van der Waals surface area contributed by atoms with Crippen LogP contribution in [0.1, 0.15) is 13.3 Å². The Hall–Kier alpha value is -0.650. The molecule has 3 unspecified atom stereocenters. The van der Waals surface area contributed by atoms with Gasteiger partial charge in [-0.1, -0.05) is 6.92 Å². The molecule has 0 aromatic carbocycles. The third kappa shape index (κ3) is 2.67. The molecular formula is C9H18N2O3. The first-order valence-corrected chi connectivity index (χ1v) is 4.97. The van der Waals surface area contributed by atoms with Crippen molar-refractivity contribution >= 4 is 5.97 Å². The van der Waals surface area contributed by atoms with E-state index in [1.807, 2.05) is 6.92 Å². The summed E-state index contributed by atoms with van der Waals surface area (Å²) in [6.45, 7) is 4.09. The van der Waals surface area contributed by atoms with Crippen LogP contribution in [0.3, 0.4) is 0 Å². The molecule has 0 amide bonds. The maximum Gasteiger partial charge on any atom is 0.320 e. The predicted molar refractivity (Wildman–Crippen MR) is 52.0 cm³/mol. The number of carbonyl (C=O) groups is 1. The number of ether oxygens (including phenoxy) is 1. The van der Waals surface area contributed by atoms with E-state index in [1.165, 1.54) is 0 Å². The summed E-state index contributed by atoms with van der Waals surface area (Å²) in [6, 6.07) is -0.829. The van der Waals surface area contributed by atoms with Crippen molar-refractivity contribution in [3.8, 4) is 0 Å². The Labute approximate surface area is 83.6 Å². The molecule has 14 heavy (non-hydrogen) atoms. The molecule has 0 bridgehead atoms. The van der Waals surface area contributed by atoms with Crippen LogP contribution in [0.2, 0.25) is 0 Å². The minimum absolute atomic E-state index is 0.0696. The summed E-state index contributed by atoms with van der Waals surface area (Å²) >= 11 is 0. The lowest BCUT2D eigenvalue weighted by Gasteiger charge is -2.32. The van der Waals surface area contributed by atoms with Crippen molar-refractivity contribution in [2.45, 2.75) is 25.5 Å². The van der Waals surface area contributed by atoms with Gasteiger partial charge in [0.05, 0.1) is 12.7 Å². The number of nitrogens with one attached hydrogen (secondary N) is 1. The van der Waals surface area contributed by atoms with Crippen LogP contribution in [0, 0.1) is 5.92 Å². The van der Waals surface area contributed by atoms with Gasteiger partial charge in [-0.3, -0.25) is 4.79 Å². The van der Waals surface area contributed by atoms with Gasteiger partial charge in [0.2, 0.25) is 0 Å². The lowest BCUT2D eigenvalue weighted by Crippen LogP contribution is -2.50. The Kier molecular flexibility index (Phi) is 4.31. The lowest BCUT2D eigenvalue weighted by atomic mass is 9.91. The molecule has 1 fully saturated rings. The highest BCUT2D eigenvalue weighted by molar-refractivity contribution is 5.73. The largest absolute Gasteiger partial charge is 0.480 e. The maximum absolute atomic E-state index is 10.7. The second-order valence-electron chi connectivity index (χ2n) is 3.55. The van der Waals surface area contributed by atoms with Gasteiger partial charge in [0.1, 0.15) is 6.04 Å². The second-order valence-corrected chi connectivity index (χ2v) is 3.55. The summed E-state index contributed by atoms with van der Waals surface area (Å²) in [4.78, 5) is 10.7. The lowest BCUT2D eigenvalue weighted by molar-refractivity contribution is -0.142. The number of nitrogens with two attached hydrogens (primary N) is 1. The number of aliphatic carboxylic acids is 1. The van der Waals surface area contributed by atoms with Gasteiger partial charge in [-0.2, -0.15) is 0 Å². The molecule has 0 spiro atoms. The Bertz CT molecular complexity index is 192. The first-order chi connectivity index (χ1) is 6.66. The van der Waals surface area contributed by atoms with E-state index in [-0.39, 0.29) is 12.0 Å². The van der Waals surface area contributed by atoms with Crippen molar-refractivity contribution in [2.75, 3.05) is 19.7 Å². The average Bonchev–Trinajstić information content (AvgIpc) is 2.20. The van der Waals surface area contributed by atoms with Gasteiger partial charge in [-0.15, -0.1) is 0 Å². The predicted octanol–water partition coefficient (Wildman–Crippen LogP) is -0.587. The van der Waals surface area contributed by atoms with E-state index in [4.69, 9.17) is 15.6 Å². The van der Waals surface area contributed by atoms with E-state index >= 15 is 0 Å². The molecule has 1 rings (SSSR count). The molecule has 0 aromatic heterocycles. The minimum atomic E-state index is -0.953. The molecule has 0 radical (unpaired) electrons. The molecule has 4 N–H and O–H groups in total. The van der Waals surface area contributed by atoms with Crippen molar-refractivity contribution < 1.29 is 14.6 Å². The van der Waals surface area contributed by atoms with Gasteiger partial charge in [0.15, 0.2) is 0 Å². The normalized spacial score (nSPS) is 26.9. The van der Waals surface area contributed by atoms with Crippen LogP contribution in [-0.4, -0.2) is 42.9 Å². The van der Waals surface area contributed by atoms with E-state index in [0.29, 0.717) is 13.2 Å². The highest BCUT2D eigenvalue weighted by Crippen LogP contribution is 2.17. The zero-order chi connectivity index (χ0) is 10.6. The fourth-order valence-corrected chi connectivity index (χ4v) is 1.79.